The number of nitrogens with two attached hydrogens (primary N) is 1. The summed E-state index contributed by atoms with van der Waals surface area (Å²) in [6, 6.07) is 4.02. The number of anilines is 2. The van der Waals surface area contributed by atoms with Gasteiger partial charge >= 0.3 is 0 Å². The van der Waals surface area contributed by atoms with Gasteiger partial charge in [-0.3, -0.25) is 9.89 Å². The molecule has 0 saturated carbocycles. The van der Waals surface area contributed by atoms with Crippen LogP contribution in [0.1, 0.15) is 5.82 Å². The molecular weight excluding hydrogens is 269 g/mol. The lowest BCUT2D eigenvalue weighted by molar-refractivity contribution is -0.113. The first kappa shape index (κ1) is 13.3. The van der Waals surface area contributed by atoms with Crippen molar-refractivity contribution in [3.63, 3.8) is 0 Å². The van der Waals surface area contributed by atoms with Gasteiger partial charge in [-0.25, -0.2) is 9.37 Å². The first-order valence-corrected chi connectivity index (χ1v) is 6.40. The lowest BCUT2D eigenvalue weighted by atomic mass is 10.2. The van der Waals surface area contributed by atoms with E-state index in [1.165, 1.54) is 30.0 Å². The van der Waals surface area contributed by atoms with E-state index in [1.807, 2.05) is 0 Å². The molecule has 0 unspecified atom stereocenters. The number of aromatic nitrogens is 3. The highest BCUT2D eigenvalue weighted by molar-refractivity contribution is 7.99. The molecule has 0 saturated heterocycles. The number of hydrogen-bond acceptors (Lipinski definition) is 5. The van der Waals surface area contributed by atoms with Crippen LogP contribution in [0.3, 0.4) is 0 Å². The van der Waals surface area contributed by atoms with E-state index in [0.29, 0.717) is 16.7 Å². The molecular formula is C11H12FN5OS. The highest BCUT2D eigenvalue weighted by Crippen LogP contribution is 2.17. The Balaban J connectivity index is 1.88. The highest BCUT2D eigenvalue weighted by atomic mass is 32.2. The number of amides is 1. The summed E-state index contributed by atoms with van der Waals surface area (Å²) in [5.74, 6) is 0.102. The first-order chi connectivity index (χ1) is 9.04. The molecule has 0 aliphatic heterocycles. The maximum Gasteiger partial charge on any atom is 0.234 e. The van der Waals surface area contributed by atoms with Crippen LogP contribution >= 0.6 is 11.8 Å². The van der Waals surface area contributed by atoms with E-state index >= 15 is 0 Å². The maximum absolute atomic E-state index is 12.9. The Morgan fingerprint density at radius 2 is 2.37 bits per heavy atom. The fourth-order valence-electron chi connectivity index (χ4n) is 1.34. The average Bonchev–Trinajstić information content (AvgIpc) is 2.77. The van der Waals surface area contributed by atoms with E-state index in [0.717, 1.165) is 0 Å². The Kier molecular flexibility index (Phi) is 4.00. The first-order valence-electron chi connectivity index (χ1n) is 5.41. The second-order valence-electron chi connectivity index (χ2n) is 3.78. The third-order valence-electron chi connectivity index (χ3n) is 2.19. The molecule has 0 fully saturated rings. The molecule has 1 amide bonds. The van der Waals surface area contributed by atoms with Gasteiger partial charge in [0.05, 0.1) is 11.4 Å². The molecule has 4 N–H and O–H groups in total. The summed E-state index contributed by atoms with van der Waals surface area (Å²) in [5, 5.41) is 9.70. The molecule has 0 spiro atoms. The van der Waals surface area contributed by atoms with Crippen molar-refractivity contribution in [2.75, 3.05) is 16.8 Å². The Labute approximate surface area is 113 Å². The van der Waals surface area contributed by atoms with Crippen molar-refractivity contribution >= 4 is 29.0 Å². The largest absolute Gasteiger partial charge is 0.396 e. The number of nitrogen functional groups attached to an aromatic ring is 1. The topological polar surface area (TPSA) is 96.7 Å². The zero-order chi connectivity index (χ0) is 13.8. The smallest absolute Gasteiger partial charge is 0.234 e. The SMILES string of the molecule is Cc1nc(SCC(=O)Nc2ccc(F)c(N)c2)n[nH]1. The Morgan fingerprint density at radius 1 is 1.58 bits per heavy atom. The Morgan fingerprint density at radius 3 is 3.00 bits per heavy atom. The van der Waals surface area contributed by atoms with Gasteiger partial charge in [-0.15, -0.1) is 5.10 Å². The van der Waals surface area contributed by atoms with Crippen molar-refractivity contribution in [1.82, 2.24) is 15.2 Å². The molecule has 100 valence electrons. The van der Waals surface area contributed by atoms with Gasteiger partial charge in [-0.05, 0) is 25.1 Å². The van der Waals surface area contributed by atoms with Crippen molar-refractivity contribution in [2.24, 2.45) is 0 Å². The van der Waals surface area contributed by atoms with Crippen molar-refractivity contribution in [2.45, 2.75) is 12.1 Å². The van der Waals surface area contributed by atoms with Crippen LogP contribution in [0.15, 0.2) is 23.4 Å². The van der Waals surface area contributed by atoms with Crippen LogP contribution in [-0.4, -0.2) is 26.8 Å². The summed E-state index contributed by atoms with van der Waals surface area (Å²) >= 11 is 1.21. The minimum atomic E-state index is -0.511. The number of hydrogen-bond donors (Lipinski definition) is 3. The van der Waals surface area contributed by atoms with Crippen molar-refractivity contribution in [1.29, 1.82) is 0 Å². The van der Waals surface area contributed by atoms with Gasteiger partial charge in [0.1, 0.15) is 11.6 Å². The van der Waals surface area contributed by atoms with E-state index in [-0.39, 0.29) is 17.3 Å². The minimum Gasteiger partial charge on any atom is -0.396 e. The van der Waals surface area contributed by atoms with Gasteiger partial charge in [0, 0.05) is 5.69 Å². The van der Waals surface area contributed by atoms with E-state index in [9.17, 15) is 9.18 Å². The number of halogens is 1. The number of thioether (sulfide) groups is 1. The van der Waals surface area contributed by atoms with Gasteiger partial charge in [-0.1, -0.05) is 11.8 Å². The minimum absolute atomic E-state index is 0.00459. The monoisotopic (exact) mass is 281 g/mol. The summed E-state index contributed by atoms with van der Waals surface area (Å²) in [5.41, 5.74) is 5.86. The third-order valence-corrected chi connectivity index (χ3v) is 3.04. The van der Waals surface area contributed by atoms with Gasteiger partial charge < -0.3 is 11.1 Å². The predicted molar refractivity (Wildman–Crippen MR) is 71.3 cm³/mol. The predicted octanol–water partition coefficient (Wildman–Crippen LogP) is 1.57. The van der Waals surface area contributed by atoms with Gasteiger partial charge in [-0.2, -0.15) is 0 Å². The number of carbonyl (C=O) groups is 1. The summed E-state index contributed by atoms with van der Waals surface area (Å²) in [6.45, 7) is 1.78. The standard InChI is InChI=1S/C11H12FN5OS/c1-6-14-11(17-16-6)19-5-10(18)15-7-2-3-8(12)9(13)4-7/h2-4H,5,13H2,1H3,(H,15,18)(H,14,16,17). The average molecular weight is 281 g/mol. The van der Waals surface area contributed by atoms with E-state index in [1.54, 1.807) is 6.92 Å². The summed E-state index contributed by atoms with van der Waals surface area (Å²) in [7, 11) is 0. The lowest BCUT2D eigenvalue weighted by Gasteiger charge is -2.05. The molecule has 2 rings (SSSR count). The Hall–Kier alpha value is -2.09. The van der Waals surface area contributed by atoms with Crippen molar-refractivity contribution < 1.29 is 9.18 Å². The van der Waals surface area contributed by atoms with Gasteiger partial charge in [0.2, 0.25) is 11.1 Å². The number of aromatic amines is 1. The normalized spacial score (nSPS) is 10.4. The number of carbonyl (C=O) groups excluding carboxylic acids is 1. The van der Waals surface area contributed by atoms with E-state index in [4.69, 9.17) is 5.73 Å². The van der Waals surface area contributed by atoms with E-state index in [2.05, 4.69) is 20.5 Å². The fraction of sp³-hybridized carbons (Fsp3) is 0.182. The molecule has 1 aromatic heterocycles. The van der Waals surface area contributed by atoms with Crippen LogP contribution in [0.5, 0.6) is 0 Å². The number of nitrogens with zero attached hydrogens (tertiary/aromatic N) is 2. The summed E-state index contributed by atoms with van der Waals surface area (Å²) in [4.78, 5) is 15.7. The molecule has 1 heterocycles. The number of nitrogens with one attached hydrogen (secondary N) is 2. The highest BCUT2D eigenvalue weighted by Gasteiger charge is 2.07. The second kappa shape index (κ2) is 5.70. The number of rotatable bonds is 4. The molecule has 19 heavy (non-hydrogen) atoms. The molecule has 0 aliphatic carbocycles. The molecule has 0 atom stereocenters. The third kappa shape index (κ3) is 3.68. The van der Waals surface area contributed by atoms with Crippen LogP contribution in [-0.2, 0) is 4.79 Å². The lowest BCUT2D eigenvalue weighted by Crippen LogP contribution is -2.14. The quantitative estimate of drug-likeness (QED) is 0.584. The Bertz CT molecular complexity index is 601. The van der Waals surface area contributed by atoms with Crippen LogP contribution in [0.4, 0.5) is 15.8 Å². The molecule has 2 aromatic rings. The van der Waals surface area contributed by atoms with Crippen LogP contribution < -0.4 is 11.1 Å². The molecule has 6 nitrogen and oxygen atoms in total. The molecule has 8 heteroatoms. The number of benzene rings is 1. The maximum atomic E-state index is 12.9. The van der Waals surface area contributed by atoms with Crippen molar-refractivity contribution in [3.8, 4) is 0 Å². The zero-order valence-electron chi connectivity index (χ0n) is 10.1. The van der Waals surface area contributed by atoms with Gasteiger partial charge in [0.15, 0.2) is 0 Å². The van der Waals surface area contributed by atoms with Crippen molar-refractivity contribution in [3.05, 3.63) is 29.8 Å². The molecule has 0 radical (unpaired) electrons. The van der Waals surface area contributed by atoms with Crippen LogP contribution in [0.25, 0.3) is 0 Å². The fourth-order valence-corrected chi connectivity index (χ4v) is 1.98. The molecule has 0 bridgehead atoms. The van der Waals surface area contributed by atoms with Gasteiger partial charge in [0.25, 0.3) is 0 Å². The number of H-pyrrole nitrogens is 1. The summed E-state index contributed by atoms with van der Waals surface area (Å²) in [6.07, 6.45) is 0. The zero-order valence-corrected chi connectivity index (χ0v) is 10.9. The summed E-state index contributed by atoms with van der Waals surface area (Å²) < 4.78 is 12.9. The van der Waals surface area contributed by atoms with Crippen LogP contribution in [0, 0.1) is 12.7 Å². The van der Waals surface area contributed by atoms with E-state index < -0.39 is 5.82 Å². The second-order valence-corrected chi connectivity index (χ2v) is 4.72. The molecule has 0 aliphatic rings. The molecule has 1 aromatic carbocycles. The van der Waals surface area contributed by atoms with Crippen LogP contribution in [0.2, 0.25) is 0 Å². The number of aryl methyl sites for hydroxylation is 1.